The Hall–Kier alpha value is -2.71. The fraction of sp³-hybridized carbons (Fsp3) is 0.480. The molecular weight excluding hydrogens is 461 g/mol. The van der Waals surface area contributed by atoms with Crippen LogP contribution in [0.25, 0.3) is 0 Å². The topological polar surface area (TPSA) is 101 Å². The number of hydrogen-bond donors (Lipinski definition) is 3. The number of carbonyl (C=O) groups excluding carboxylic acids is 2. The molecule has 7 nitrogen and oxygen atoms in total. The molecule has 3 N–H and O–H groups in total. The number of benzene rings is 1. The second kappa shape index (κ2) is 9.50. The number of ether oxygens (including phenoxy) is 1. The fourth-order valence-electron chi connectivity index (χ4n) is 4.90. The van der Waals surface area contributed by atoms with Gasteiger partial charge in [-0.1, -0.05) is 31.5 Å². The zero-order valence-corrected chi connectivity index (χ0v) is 20.0. The van der Waals surface area contributed by atoms with Gasteiger partial charge in [-0.25, -0.2) is 9.37 Å². The van der Waals surface area contributed by atoms with E-state index in [1.165, 1.54) is 12.1 Å². The minimum absolute atomic E-state index is 0.0257. The Morgan fingerprint density at radius 1 is 1.21 bits per heavy atom. The van der Waals surface area contributed by atoms with Crippen molar-refractivity contribution in [3.63, 3.8) is 0 Å². The summed E-state index contributed by atoms with van der Waals surface area (Å²) >= 11 is 5.66. The van der Waals surface area contributed by atoms with Gasteiger partial charge < -0.3 is 20.5 Å². The van der Waals surface area contributed by atoms with Gasteiger partial charge in [0.1, 0.15) is 17.3 Å². The molecule has 1 aromatic heterocycles. The first kappa shape index (κ1) is 24.4. The molecule has 2 amide bonds. The maximum absolute atomic E-state index is 13.6. The Morgan fingerprint density at radius 2 is 1.94 bits per heavy atom. The summed E-state index contributed by atoms with van der Waals surface area (Å²) in [7, 11) is 0. The Morgan fingerprint density at radius 3 is 2.59 bits per heavy atom. The molecule has 1 aromatic carbocycles. The van der Waals surface area contributed by atoms with Gasteiger partial charge in [-0.05, 0) is 62.3 Å². The third-order valence-electron chi connectivity index (χ3n) is 6.94. The van der Waals surface area contributed by atoms with Crippen LogP contribution < -0.4 is 15.4 Å². The number of nitrogens with zero attached hydrogens (tertiary/aromatic N) is 1. The highest BCUT2D eigenvalue weighted by Crippen LogP contribution is 2.47. The van der Waals surface area contributed by atoms with E-state index in [2.05, 4.69) is 15.6 Å². The van der Waals surface area contributed by atoms with Crippen LogP contribution in [0.15, 0.2) is 36.4 Å². The van der Waals surface area contributed by atoms with Crippen molar-refractivity contribution in [1.29, 1.82) is 0 Å². The predicted molar refractivity (Wildman–Crippen MR) is 125 cm³/mol. The maximum Gasteiger partial charge on any atom is 0.270 e. The second-order valence-electron chi connectivity index (χ2n) is 9.63. The highest BCUT2D eigenvalue weighted by molar-refractivity contribution is 6.30. The van der Waals surface area contributed by atoms with Crippen molar-refractivity contribution in [3.05, 3.63) is 58.6 Å². The molecule has 2 bridgehead atoms. The van der Waals surface area contributed by atoms with Crippen molar-refractivity contribution in [1.82, 2.24) is 15.6 Å². The first-order valence-corrected chi connectivity index (χ1v) is 11.9. The summed E-state index contributed by atoms with van der Waals surface area (Å²) in [6, 6.07) is 9.37. The van der Waals surface area contributed by atoms with Crippen LogP contribution in [0.5, 0.6) is 5.75 Å². The van der Waals surface area contributed by atoms with Gasteiger partial charge in [-0.2, -0.15) is 0 Å². The molecule has 0 radical (unpaired) electrons. The van der Waals surface area contributed by atoms with Crippen LogP contribution in [0, 0.1) is 5.82 Å². The lowest BCUT2D eigenvalue weighted by molar-refractivity contribution is -0.132. The molecule has 3 fully saturated rings. The molecule has 0 spiro atoms. The van der Waals surface area contributed by atoms with Crippen molar-refractivity contribution in [2.75, 3.05) is 6.61 Å². The minimum Gasteiger partial charge on any atom is -0.484 e. The normalized spacial score (nSPS) is 25.8. The van der Waals surface area contributed by atoms with Crippen molar-refractivity contribution in [2.24, 2.45) is 0 Å². The Kier molecular flexibility index (Phi) is 6.82. The molecule has 34 heavy (non-hydrogen) atoms. The lowest BCUT2D eigenvalue weighted by atomic mass is 9.60. The average molecular weight is 490 g/mol. The molecule has 0 unspecified atom stereocenters. The highest BCUT2D eigenvalue weighted by atomic mass is 35.5. The van der Waals surface area contributed by atoms with Crippen LogP contribution in [0.3, 0.4) is 0 Å². The Bertz CT molecular complexity index is 1090. The predicted octanol–water partition coefficient (Wildman–Crippen LogP) is 3.74. The lowest BCUT2D eigenvalue weighted by Gasteiger charge is -2.56. The number of pyridine rings is 1. The van der Waals surface area contributed by atoms with Crippen molar-refractivity contribution >= 4 is 23.4 Å². The van der Waals surface area contributed by atoms with Gasteiger partial charge in [0, 0.05) is 17.3 Å². The third kappa shape index (κ3) is 5.03. The molecule has 0 aliphatic heterocycles. The smallest absolute Gasteiger partial charge is 0.270 e. The summed E-state index contributed by atoms with van der Waals surface area (Å²) < 4.78 is 18.9. The van der Waals surface area contributed by atoms with Crippen molar-refractivity contribution in [3.8, 4) is 5.75 Å². The second-order valence-corrected chi connectivity index (χ2v) is 10.0. The summed E-state index contributed by atoms with van der Waals surface area (Å²) in [4.78, 5) is 29.9. The van der Waals surface area contributed by atoms with Crippen LogP contribution in [-0.2, 0) is 4.79 Å². The maximum atomic E-state index is 13.6. The number of hydrogen-bond acceptors (Lipinski definition) is 5. The van der Waals surface area contributed by atoms with Crippen LogP contribution in [0.1, 0.15) is 68.1 Å². The quantitative estimate of drug-likeness (QED) is 0.550. The number of rotatable bonds is 7. The van der Waals surface area contributed by atoms with Crippen LogP contribution in [0.4, 0.5) is 4.39 Å². The molecule has 3 saturated carbocycles. The summed E-state index contributed by atoms with van der Waals surface area (Å²) in [5.41, 5.74) is -0.0894. The number of amides is 2. The molecule has 3 aliphatic rings. The number of carbonyl (C=O) groups is 2. The Balaban J connectivity index is 1.35. The van der Waals surface area contributed by atoms with Gasteiger partial charge in [0.15, 0.2) is 6.61 Å². The van der Waals surface area contributed by atoms with E-state index in [9.17, 15) is 19.1 Å². The lowest BCUT2D eigenvalue weighted by Crippen LogP contribution is -2.70. The van der Waals surface area contributed by atoms with Gasteiger partial charge in [0.05, 0.1) is 16.7 Å². The molecule has 1 atom stereocenters. The third-order valence-corrected chi connectivity index (χ3v) is 7.25. The zero-order chi connectivity index (χ0) is 24.5. The van der Waals surface area contributed by atoms with Gasteiger partial charge in [0.2, 0.25) is 0 Å². The van der Waals surface area contributed by atoms with Gasteiger partial charge in [-0.15, -0.1) is 0 Å². The first-order valence-electron chi connectivity index (χ1n) is 11.5. The van der Waals surface area contributed by atoms with E-state index in [0.717, 1.165) is 11.8 Å². The highest BCUT2D eigenvalue weighted by Gasteiger charge is 2.55. The minimum atomic E-state index is -0.817. The number of aliphatic hydroxyl groups is 1. The number of aliphatic hydroxyl groups excluding tert-OH is 1. The number of nitrogens with one attached hydrogen (secondary N) is 2. The van der Waals surface area contributed by atoms with Crippen LogP contribution in [0.2, 0.25) is 5.02 Å². The fourth-order valence-corrected chi connectivity index (χ4v) is 5.01. The van der Waals surface area contributed by atoms with E-state index in [-0.39, 0.29) is 29.2 Å². The Labute approximate surface area is 203 Å². The van der Waals surface area contributed by atoms with Crippen LogP contribution in [-0.4, -0.2) is 45.7 Å². The monoisotopic (exact) mass is 489 g/mol. The molecule has 182 valence electrons. The standard InChI is InChI=1S/C25H29ClFN3O4/c1-15(2)19-4-3-5-20(28-19)23(33)30-24-8-10-25(11-9-24,21(31)13-24)29-22(32)14-34-16-6-7-17(26)18(27)12-16/h3-7,12,15,21,31H,8-11,13-14H2,1-2H3,(H,29,32)(H,30,33)/t21-,24?,25?/m0/s1. The van der Waals surface area contributed by atoms with Gasteiger partial charge >= 0.3 is 0 Å². The van der Waals surface area contributed by atoms with E-state index >= 15 is 0 Å². The van der Waals surface area contributed by atoms with E-state index in [1.54, 1.807) is 6.07 Å². The van der Waals surface area contributed by atoms with E-state index in [1.807, 2.05) is 26.0 Å². The summed E-state index contributed by atoms with van der Waals surface area (Å²) in [5.74, 6) is -0.875. The molecule has 0 saturated heterocycles. The molecule has 2 aromatic rings. The van der Waals surface area contributed by atoms with Gasteiger partial charge in [0.25, 0.3) is 11.8 Å². The molecule has 3 aliphatic carbocycles. The SMILES string of the molecule is CC(C)c1cccc(C(=O)NC23CCC(NC(=O)COc4ccc(Cl)c(F)c4)(CC2)[C@@H](O)C3)n1. The van der Waals surface area contributed by atoms with E-state index in [4.69, 9.17) is 16.3 Å². The average Bonchev–Trinajstić information content (AvgIpc) is 2.81. The van der Waals surface area contributed by atoms with Gasteiger partial charge in [-0.3, -0.25) is 9.59 Å². The van der Waals surface area contributed by atoms with Crippen molar-refractivity contribution in [2.45, 2.75) is 69.1 Å². The summed E-state index contributed by atoms with van der Waals surface area (Å²) in [6.45, 7) is 3.73. The summed E-state index contributed by atoms with van der Waals surface area (Å²) in [5, 5.41) is 16.9. The molecular formula is C25H29ClFN3O4. The zero-order valence-electron chi connectivity index (χ0n) is 19.2. The number of fused-ring (bicyclic) bond motifs is 3. The van der Waals surface area contributed by atoms with Crippen molar-refractivity contribution < 1.29 is 23.8 Å². The van der Waals surface area contributed by atoms with E-state index in [0.29, 0.717) is 37.8 Å². The van der Waals surface area contributed by atoms with Crippen LogP contribution >= 0.6 is 11.6 Å². The first-order chi connectivity index (χ1) is 16.1. The number of halogens is 2. The molecule has 5 rings (SSSR count). The van der Waals surface area contributed by atoms with E-state index < -0.39 is 28.9 Å². The summed E-state index contributed by atoms with van der Waals surface area (Å²) in [6.07, 6.45) is 1.82. The number of aromatic nitrogens is 1. The molecule has 9 heteroatoms. The largest absolute Gasteiger partial charge is 0.484 e. The molecule has 1 heterocycles.